The highest BCUT2D eigenvalue weighted by molar-refractivity contribution is 14.1. The van der Waals surface area contributed by atoms with Crippen LogP contribution in [-0.2, 0) is 4.79 Å². The minimum absolute atomic E-state index is 0.396. The van der Waals surface area contributed by atoms with Gasteiger partial charge in [-0.1, -0.05) is 12.1 Å². The zero-order valence-electron chi connectivity index (χ0n) is 7.87. The summed E-state index contributed by atoms with van der Waals surface area (Å²) in [4.78, 5) is 13.4. The van der Waals surface area contributed by atoms with Gasteiger partial charge in [0.25, 0.3) is 0 Å². The van der Waals surface area contributed by atoms with E-state index in [9.17, 15) is 4.79 Å². The Balaban J connectivity index is 2.16. The zero-order valence-corrected chi connectivity index (χ0v) is 10.0. The van der Waals surface area contributed by atoms with Crippen LogP contribution in [0.4, 0.5) is 5.69 Å². The predicted molar refractivity (Wildman–Crippen MR) is 65.6 cm³/mol. The Labute approximate surface area is 97.4 Å². The molecule has 1 saturated heterocycles. The van der Waals surface area contributed by atoms with Gasteiger partial charge in [-0.25, -0.2) is 0 Å². The second-order valence-corrected chi connectivity index (χ2v) is 4.64. The monoisotopic (exact) mass is 301 g/mol. The van der Waals surface area contributed by atoms with Crippen LogP contribution in [0.25, 0.3) is 0 Å². The number of rotatable bonds is 1. The second-order valence-electron chi connectivity index (χ2n) is 3.48. The van der Waals surface area contributed by atoms with Crippen molar-refractivity contribution >= 4 is 34.1 Å². The molecular weight excluding hydrogens is 289 g/mol. The van der Waals surface area contributed by atoms with Crippen molar-refractivity contribution in [1.29, 1.82) is 0 Å². The summed E-state index contributed by atoms with van der Waals surface area (Å²) >= 11 is 2.34. The summed E-state index contributed by atoms with van der Waals surface area (Å²) in [5.41, 5.74) is 1.26. The number of Topliss-reactive ketones (excluding diaryl/α,β-unsaturated/α-hetero) is 1. The maximum absolute atomic E-state index is 11.1. The molecule has 0 N–H and O–H groups in total. The molecule has 0 saturated carbocycles. The van der Waals surface area contributed by atoms with Gasteiger partial charge in [-0.2, -0.15) is 0 Å². The van der Waals surface area contributed by atoms with E-state index in [1.807, 2.05) is 12.1 Å². The van der Waals surface area contributed by atoms with Crippen molar-refractivity contribution < 1.29 is 4.79 Å². The van der Waals surface area contributed by atoms with Crippen molar-refractivity contribution in [2.24, 2.45) is 0 Å². The lowest BCUT2D eigenvalue weighted by Gasteiger charge is -2.28. The highest BCUT2D eigenvalue weighted by atomic mass is 127. The quantitative estimate of drug-likeness (QED) is 0.743. The summed E-state index contributed by atoms with van der Waals surface area (Å²) in [7, 11) is 0. The van der Waals surface area contributed by atoms with E-state index >= 15 is 0 Å². The number of hydrogen-bond acceptors (Lipinski definition) is 2. The van der Waals surface area contributed by atoms with Gasteiger partial charge in [-0.3, -0.25) is 4.79 Å². The number of anilines is 1. The van der Waals surface area contributed by atoms with E-state index in [4.69, 9.17) is 0 Å². The second kappa shape index (κ2) is 4.29. The third-order valence-electron chi connectivity index (χ3n) is 2.51. The van der Waals surface area contributed by atoms with Gasteiger partial charge in [0.15, 0.2) is 0 Å². The van der Waals surface area contributed by atoms with Crippen LogP contribution < -0.4 is 4.90 Å². The number of carbonyl (C=O) groups is 1. The molecule has 1 fully saturated rings. The van der Waals surface area contributed by atoms with Gasteiger partial charge in [-0.05, 0) is 34.7 Å². The van der Waals surface area contributed by atoms with Gasteiger partial charge in [0, 0.05) is 29.5 Å². The fraction of sp³-hybridized carbons (Fsp3) is 0.364. The molecule has 0 bridgehead atoms. The van der Waals surface area contributed by atoms with E-state index < -0.39 is 0 Å². The van der Waals surface area contributed by atoms with Crippen molar-refractivity contribution in [3.05, 3.63) is 27.8 Å². The highest BCUT2D eigenvalue weighted by Gasteiger charge is 2.17. The number of benzene rings is 1. The molecule has 1 aliphatic heterocycles. The summed E-state index contributed by atoms with van der Waals surface area (Å²) < 4.78 is 1.26. The van der Waals surface area contributed by atoms with Gasteiger partial charge in [-0.15, -0.1) is 0 Å². The molecular formula is C11H12INO. The molecule has 74 valence electrons. The number of nitrogens with zero attached hydrogens (tertiary/aromatic N) is 1. The van der Waals surface area contributed by atoms with Gasteiger partial charge in [0.2, 0.25) is 0 Å². The number of para-hydroxylation sites is 1. The fourth-order valence-electron chi connectivity index (χ4n) is 1.71. The molecule has 0 amide bonds. The normalized spacial score (nSPS) is 17.2. The van der Waals surface area contributed by atoms with E-state index in [2.05, 4.69) is 39.6 Å². The van der Waals surface area contributed by atoms with Gasteiger partial charge >= 0.3 is 0 Å². The summed E-state index contributed by atoms with van der Waals surface area (Å²) in [6, 6.07) is 8.32. The highest BCUT2D eigenvalue weighted by Crippen LogP contribution is 2.24. The first-order chi connectivity index (χ1) is 6.77. The molecule has 0 atom stereocenters. The first-order valence-electron chi connectivity index (χ1n) is 4.78. The van der Waals surface area contributed by atoms with Crippen LogP contribution in [0.5, 0.6) is 0 Å². The van der Waals surface area contributed by atoms with Gasteiger partial charge < -0.3 is 4.90 Å². The van der Waals surface area contributed by atoms with Crippen LogP contribution in [0.3, 0.4) is 0 Å². The minimum atomic E-state index is 0.396. The molecule has 1 aromatic carbocycles. The third kappa shape index (κ3) is 2.08. The number of piperidine rings is 1. The summed E-state index contributed by atoms with van der Waals surface area (Å²) in [6.07, 6.45) is 1.40. The fourth-order valence-corrected chi connectivity index (χ4v) is 2.43. The molecule has 3 heteroatoms. The summed E-state index contributed by atoms with van der Waals surface area (Å²) in [5.74, 6) is 0.396. The van der Waals surface area contributed by atoms with Crippen LogP contribution in [0.2, 0.25) is 0 Å². The largest absolute Gasteiger partial charge is 0.370 e. The average Bonchev–Trinajstić information content (AvgIpc) is 2.20. The predicted octanol–water partition coefficient (Wildman–Crippen LogP) is 2.46. The molecule has 2 rings (SSSR count). The van der Waals surface area contributed by atoms with Crippen LogP contribution in [0.1, 0.15) is 12.8 Å². The van der Waals surface area contributed by atoms with Crippen LogP contribution >= 0.6 is 22.6 Å². The van der Waals surface area contributed by atoms with E-state index in [1.54, 1.807) is 0 Å². The molecule has 1 aliphatic rings. The van der Waals surface area contributed by atoms with Crippen molar-refractivity contribution in [1.82, 2.24) is 0 Å². The first kappa shape index (κ1) is 9.96. The SMILES string of the molecule is O=C1CCN(c2ccccc2I)CC1. The average molecular weight is 301 g/mol. The van der Waals surface area contributed by atoms with Crippen molar-refractivity contribution in [2.75, 3.05) is 18.0 Å². The molecule has 1 aromatic rings. The Kier molecular flexibility index (Phi) is 3.05. The Morgan fingerprint density at radius 3 is 2.43 bits per heavy atom. The van der Waals surface area contributed by atoms with E-state index in [-0.39, 0.29) is 0 Å². The van der Waals surface area contributed by atoms with Crippen molar-refractivity contribution in [2.45, 2.75) is 12.8 Å². The Morgan fingerprint density at radius 2 is 1.79 bits per heavy atom. The standard InChI is InChI=1S/C11H12INO/c12-10-3-1-2-4-11(10)13-7-5-9(14)6-8-13/h1-4H,5-8H2. The Hall–Kier alpha value is -0.580. The Morgan fingerprint density at radius 1 is 1.14 bits per heavy atom. The van der Waals surface area contributed by atoms with Crippen molar-refractivity contribution in [3.8, 4) is 0 Å². The lowest BCUT2D eigenvalue weighted by atomic mass is 10.1. The lowest BCUT2D eigenvalue weighted by molar-refractivity contribution is -0.119. The van der Waals surface area contributed by atoms with Crippen molar-refractivity contribution in [3.63, 3.8) is 0 Å². The summed E-state index contributed by atoms with van der Waals surface area (Å²) in [5, 5.41) is 0. The van der Waals surface area contributed by atoms with Gasteiger partial charge in [0.05, 0.1) is 5.69 Å². The number of ketones is 1. The first-order valence-corrected chi connectivity index (χ1v) is 5.86. The van der Waals surface area contributed by atoms with Crippen LogP contribution in [0, 0.1) is 3.57 Å². The van der Waals surface area contributed by atoms with Gasteiger partial charge in [0.1, 0.15) is 5.78 Å². The summed E-state index contributed by atoms with van der Waals surface area (Å²) in [6.45, 7) is 1.75. The molecule has 0 radical (unpaired) electrons. The smallest absolute Gasteiger partial charge is 0.136 e. The molecule has 0 aliphatic carbocycles. The number of halogens is 1. The topological polar surface area (TPSA) is 20.3 Å². The Bertz CT molecular complexity index is 341. The zero-order chi connectivity index (χ0) is 9.97. The molecule has 0 spiro atoms. The number of carbonyl (C=O) groups excluding carboxylic acids is 1. The third-order valence-corrected chi connectivity index (χ3v) is 3.43. The molecule has 14 heavy (non-hydrogen) atoms. The molecule has 0 unspecified atom stereocenters. The lowest BCUT2D eigenvalue weighted by Crippen LogP contribution is -2.34. The maximum atomic E-state index is 11.1. The minimum Gasteiger partial charge on any atom is -0.370 e. The van der Waals surface area contributed by atoms with Crippen LogP contribution in [-0.4, -0.2) is 18.9 Å². The number of hydrogen-bond donors (Lipinski definition) is 0. The van der Waals surface area contributed by atoms with E-state index in [0.29, 0.717) is 18.6 Å². The van der Waals surface area contributed by atoms with E-state index in [0.717, 1.165) is 13.1 Å². The van der Waals surface area contributed by atoms with Crippen LogP contribution in [0.15, 0.2) is 24.3 Å². The maximum Gasteiger partial charge on any atom is 0.136 e. The molecule has 1 heterocycles. The molecule has 0 aromatic heterocycles. The molecule has 2 nitrogen and oxygen atoms in total. The van der Waals surface area contributed by atoms with E-state index in [1.165, 1.54) is 9.26 Å².